The molecule has 0 saturated carbocycles. The van der Waals surface area contributed by atoms with Crippen molar-refractivity contribution in [1.82, 2.24) is 4.98 Å². The van der Waals surface area contributed by atoms with Crippen molar-refractivity contribution >= 4 is 28.5 Å². The van der Waals surface area contributed by atoms with Gasteiger partial charge in [-0.05, 0) is 23.8 Å². The fourth-order valence-corrected chi connectivity index (χ4v) is 2.46. The van der Waals surface area contributed by atoms with Crippen LogP contribution < -0.4 is 4.74 Å². The third kappa shape index (κ3) is 3.43. The minimum Gasteiger partial charge on any atom is -0.473 e. The van der Waals surface area contributed by atoms with Gasteiger partial charge in [0, 0.05) is 11.5 Å². The largest absolute Gasteiger partial charge is 0.473 e. The lowest BCUT2D eigenvalue weighted by Gasteiger charge is -2.08. The minimum atomic E-state index is -0.410. The Hall–Kier alpha value is -2.59. The highest BCUT2D eigenvalue weighted by Gasteiger charge is 2.10. The molecule has 0 unspecified atom stereocenters. The summed E-state index contributed by atoms with van der Waals surface area (Å²) in [5.41, 5.74) is 2.14. The molecule has 0 aliphatic carbocycles. The van der Waals surface area contributed by atoms with E-state index in [1.54, 1.807) is 24.3 Å². The molecular weight excluding hydrogens is 314 g/mol. The van der Waals surface area contributed by atoms with Gasteiger partial charge in [-0.25, -0.2) is 9.78 Å². The molecule has 1 heterocycles. The highest BCUT2D eigenvalue weighted by atomic mass is 35.5. The second-order valence-electron chi connectivity index (χ2n) is 4.94. The average molecular weight is 328 g/mol. The van der Waals surface area contributed by atoms with Crippen LogP contribution >= 0.6 is 11.6 Å². The highest BCUT2D eigenvalue weighted by Crippen LogP contribution is 2.27. The summed E-state index contributed by atoms with van der Waals surface area (Å²) in [4.78, 5) is 16.0. The van der Waals surface area contributed by atoms with Crippen LogP contribution in [0.4, 0.5) is 0 Å². The molecule has 0 N–H and O–H groups in total. The van der Waals surface area contributed by atoms with Crippen LogP contribution in [-0.4, -0.2) is 18.1 Å². The number of methoxy groups -OCH3 is 1. The van der Waals surface area contributed by atoms with E-state index in [9.17, 15) is 4.79 Å². The van der Waals surface area contributed by atoms with Gasteiger partial charge in [0.15, 0.2) is 0 Å². The number of rotatable bonds is 4. The average Bonchev–Trinajstić information content (AvgIpc) is 2.60. The molecule has 0 spiro atoms. The molecule has 0 bridgehead atoms. The zero-order chi connectivity index (χ0) is 16.2. The quantitative estimate of drug-likeness (QED) is 0.672. The summed E-state index contributed by atoms with van der Waals surface area (Å²) in [6.45, 7) is 0.413. The lowest BCUT2D eigenvalue weighted by Crippen LogP contribution is -2.01. The van der Waals surface area contributed by atoms with Crippen LogP contribution in [-0.2, 0) is 11.3 Å². The van der Waals surface area contributed by atoms with E-state index < -0.39 is 5.97 Å². The number of ether oxygens (including phenoxy) is 2. The molecule has 116 valence electrons. The van der Waals surface area contributed by atoms with E-state index in [0.29, 0.717) is 34.0 Å². The third-order valence-electron chi connectivity index (χ3n) is 3.39. The zero-order valence-electron chi connectivity index (χ0n) is 12.5. The number of hydrogen-bond donors (Lipinski definition) is 0. The van der Waals surface area contributed by atoms with Gasteiger partial charge in [0.25, 0.3) is 0 Å². The Balaban J connectivity index is 1.87. The first-order valence-electron chi connectivity index (χ1n) is 7.03. The van der Waals surface area contributed by atoms with Gasteiger partial charge in [-0.1, -0.05) is 41.9 Å². The van der Waals surface area contributed by atoms with Crippen molar-refractivity contribution in [2.75, 3.05) is 7.11 Å². The van der Waals surface area contributed by atoms with Crippen LogP contribution in [0, 0.1) is 0 Å². The number of esters is 1. The maximum absolute atomic E-state index is 11.6. The van der Waals surface area contributed by atoms with Gasteiger partial charge in [0.05, 0.1) is 23.2 Å². The van der Waals surface area contributed by atoms with Gasteiger partial charge in [0.2, 0.25) is 5.88 Å². The monoisotopic (exact) mass is 327 g/mol. The molecule has 23 heavy (non-hydrogen) atoms. The molecule has 0 amide bonds. The van der Waals surface area contributed by atoms with Crippen molar-refractivity contribution in [2.45, 2.75) is 6.61 Å². The Morgan fingerprint density at radius 1 is 1.13 bits per heavy atom. The van der Waals surface area contributed by atoms with Crippen LogP contribution in [0.1, 0.15) is 15.9 Å². The van der Waals surface area contributed by atoms with E-state index in [-0.39, 0.29) is 0 Å². The van der Waals surface area contributed by atoms with Crippen LogP contribution in [0.25, 0.3) is 10.9 Å². The van der Waals surface area contributed by atoms with E-state index in [4.69, 9.17) is 21.1 Å². The third-order valence-corrected chi connectivity index (χ3v) is 3.70. The predicted molar refractivity (Wildman–Crippen MR) is 88.9 cm³/mol. The lowest BCUT2D eigenvalue weighted by molar-refractivity contribution is 0.0601. The molecule has 5 heteroatoms. The molecule has 3 aromatic rings. The molecule has 0 atom stereocenters. The van der Waals surface area contributed by atoms with Crippen molar-refractivity contribution in [3.63, 3.8) is 0 Å². The summed E-state index contributed by atoms with van der Waals surface area (Å²) in [7, 11) is 1.34. The number of halogens is 1. The van der Waals surface area contributed by atoms with Gasteiger partial charge in [-0.2, -0.15) is 0 Å². The maximum atomic E-state index is 11.6. The number of aromatic nitrogens is 1. The normalized spacial score (nSPS) is 10.5. The molecule has 0 aliphatic heterocycles. The van der Waals surface area contributed by atoms with E-state index >= 15 is 0 Å². The van der Waals surface area contributed by atoms with Gasteiger partial charge < -0.3 is 9.47 Å². The van der Waals surface area contributed by atoms with Crippen LogP contribution in [0.3, 0.4) is 0 Å². The van der Waals surface area contributed by atoms with E-state index in [2.05, 4.69) is 4.98 Å². The minimum absolute atomic E-state index is 0.410. The molecule has 0 fully saturated rings. The van der Waals surface area contributed by atoms with Gasteiger partial charge >= 0.3 is 5.97 Å². The predicted octanol–water partition coefficient (Wildman–Crippen LogP) is 4.25. The van der Waals surface area contributed by atoms with Crippen molar-refractivity contribution in [2.24, 2.45) is 0 Å². The molecule has 0 aliphatic rings. The van der Waals surface area contributed by atoms with Crippen molar-refractivity contribution < 1.29 is 14.3 Å². The van der Waals surface area contributed by atoms with E-state index in [1.807, 2.05) is 30.3 Å². The number of pyridine rings is 1. The first-order valence-corrected chi connectivity index (χ1v) is 7.40. The van der Waals surface area contributed by atoms with Gasteiger partial charge in [-0.3, -0.25) is 0 Å². The fraction of sp³-hybridized carbons (Fsp3) is 0.111. The second-order valence-corrected chi connectivity index (χ2v) is 5.35. The number of fused-ring (bicyclic) bond motifs is 1. The van der Waals surface area contributed by atoms with Crippen molar-refractivity contribution in [1.29, 1.82) is 0 Å². The first-order chi connectivity index (χ1) is 11.2. The van der Waals surface area contributed by atoms with Crippen molar-refractivity contribution in [3.8, 4) is 5.88 Å². The molecule has 4 nitrogen and oxygen atoms in total. The zero-order valence-corrected chi connectivity index (χ0v) is 13.2. The summed E-state index contributed by atoms with van der Waals surface area (Å²) in [6, 6.07) is 16.5. The van der Waals surface area contributed by atoms with Crippen LogP contribution in [0.5, 0.6) is 5.88 Å². The first kappa shape index (κ1) is 15.3. The number of nitrogens with zero attached hydrogens (tertiary/aromatic N) is 1. The molecule has 1 aromatic heterocycles. The van der Waals surface area contributed by atoms with E-state index in [0.717, 1.165) is 5.56 Å². The number of carbonyl (C=O) groups is 1. The Morgan fingerprint density at radius 2 is 1.91 bits per heavy atom. The standard InChI is InChI=1S/C18H14ClNO3/c1-22-18(21)13-7-8-16-14(9-13)15(19)10-17(20-16)23-11-12-5-3-2-4-6-12/h2-10H,11H2,1H3. The van der Waals surface area contributed by atoms with Gasteiger partial charge in [-0.15, -0.1) is 0 Å². The number of carbonyl (C=O) groups excluding carboxylic acids is 1. The topological polar surface area (TPSA) is 48.4 Å². The Bertz CT molecular complexity index is 850. The lowest BCUT2D eigenvalue weighted by atomic mass is 10.1. The Morgan fingerprint density at radius 3 is 2.65 bits per heavy atom. The van der Waals surface area contributed by atoms with E-state index in [1.165, 1.54) is 7.11 Å². The Labute approximate surface area is 138 Å². The molecular formula is C18H14ClNO3. The molecule has 3 rings (SSSR count). The molecule has 0 saturated heterocycles. The highest BCUT2D eigenvalue weighted by molar-refractivity contribution is 6.35. The van der Waals surface area contributed by atoms with Gasteiger partial charge in [0.1, 0.15) is 6.61 Å². The SMILES string of the molecule is COC(=O)c1ccc2nc(OCc3ccccc3)cc(Cl)c2c1. The maximum Gasteiger partial charge on any atom is 0.337 e. The summed E-state index contributed by atoms with van der Waals surface area (Å²) in [6.07, 6.45) is 0. The summed E-state index contributed by atoms with van der Waals surface area (Å²) in [5.74, 6) is 0.0320. The van der Waals surface area contributed by atoms with Crippen molar-refractivity contribution in [3.05, 3.63) is 70.7 Å². The Kier molecular flexibility index (Phi) is 4.44. The summed E-state index contributed by atoms with van der Waals surface area (Å²) >= 11 is 6.29. The second kappa shape index (κ2) is 6.67. The number of benzene rings is 2. The van der Waals surface area contributed by atoms with Crippen LogP contribution in [0.2, 0.25) is 5.02 Å². The smallest absolute Gasteiger partial charge is 0.337 e. The summed E-state index contributed by atoms with van der Waals surface area (Å²) in [5, 5.41) is 1.16. The van der Waals surface area contributed by atoms with Crippen LogP contribution in [0.15, 0.2) is 54.6 Å². The summed E-state index contributed by atoms with van der Waals surface area (Å²) < 4.78 is 10.4. The number of hydrogen-bond acceptors (Lipinski definition) is 4. The molecule has 2 aromatic carbocycles. The molecule has 0 radical (unpaired) electrons. The fourth-order valence-electron chi connectivity index (χ4n) is 2.21.